The van der Waals surface area contributed by atoms with Crippen LogP contribution in [0.3, 0.4) is 0 Å². The number of nitrogen functional groups attached to an aromatic ring is 1. The molecule has 114 valence electrons. The van der Waals surface area contributed by atoms with Gasteiger partial charge >= 0.3 is 5.97 Å². The summed E-state index contributed by atoms with van der Waals surface area (Å²) >= 11 is 0. The fraction of sp³-hybridized carbons (Fsp3) is 0.273. The average Bonchev–Trinajstić information content (AvgIpc) is 2.91. The van der Waals surface area contributed by atoms with Crippen LogP contribution in [-0.2, 0) is 16.6 Å². The zero-order valence-electron chi connectivity index (χ0n) is 11.2. The molecule has 0 aliphatic carbocycles. The van der Waals surface area contributed by atoms with E-state index < -0.39 is 16.0 Å². The van der Waals surface area contributed by atoms with Gasteiger partial charge in [0.05, 0.1) is 6.54 Å². The molecule has 0 saturated heterocycles. The number of furan rings is 1. The number of carbonyl (C=O) groups is 1. The number of aromatic carboxylic acids is 1. The predicted molar refractivity (Wildman–Crippen MR) is 70.1 cm³/mol. The van der Waals surface area contributed by atoms with Gasteiger partial charge in [-0.3, -0.25) is 0 Å². The molecule has 0 fully saturated rings. The highest BCUT2D eigenvalue weighted by atomic mass is 32.2. The Hall–Kier alpha value is -2.33. The van der Waals surface area contributed by atoms with E-state index >= 15 is 0 Å². The van der Waals surface area contributed by atoms with Crippen molar-refractivity contribution in [2.45, 2.75) is 25.3 Å². The summed E-state index contributed by atoms with van der Waals surface area (Å²) < 4.78 is 36.3. The third-order valence-corrected chi connectivity index (χ3v) is 4.30. The quantitative estimate of drug-likeness (QED) is 0.727. The van der Waals surface area contributed by atoms with Gasteiger partial charge in [0.25, 0.3) is 0 Å². The van der Waals surface area contributed by atoms with Crippen molar-refractivity contribution in [3.63, 3.8) is 0 Å². The maximum absolute atomic E-state index is 12.1. The molecule has 0 atom stereocenters. The number of hydrogen-bond acceptors (Lipinski definition) is 7. The van der Waals surface area contributed by atoms with Gasteiger partial charge in [0.1, 0.15) is 17.1 Å². The zero-order valence-corrected chi connectivity index (χ0v) is 12.0. The summed E-state index contributed by atoms with van der Waals surface area (Å²) in [6, 6.07) is 1.25. The standard InChI is InChI=1S/C11H13N3O6S/c1-5-8(11(15)16)3-7(19-5)4-13-21(17,18)9-6(2)20-14-10(9)12/h3,13H,4H2,1-2H3,(H2,12,14)(H,15,16). The molecule has 2 aromatic rings. The number of hydrogen-bond donors (Lipinski definition) is 3. The summed E-state index contributed by atoms with van der Waals surface area (Å²) in [5.74, 6) is -0.980. The minimum absolute atomic E-state index is 0.0233. The van der Waals surface area contributed by atoms with E-state index in [1.807, 2.05) is 0 Å². The molecule has 2 aromatic heterocycles. The maximum atomic E-state index is 12.1. The van der Waals surface area contributed by atoms with Gasteiger partial charge in [-0.05, 0) is 19.9 Å². The van der Waals surface area contributed by atoms with E-state index in [1.54, 1.807) is 0 Å². The van der Waals surface area contributed by atoms with Crippen LogP contribution in [0.4, 0.5) is 5.82 Å². The van der Waals surface area contributed by atoms with Crippen molar-refractivity contribution in [3.8, 4) is 0 Å². The Morgan fingerprint density at radius 1 is 1.43 bits per heavy atom. The second kappa shape index (κ2) is 5.22. The average molecular weight is 315 g/mol. The van der Waals surface area contributed by atoms with E-state index in [4.69, 9.17) is 19.8 Å². The molecule has 0 aromatic carbocycles. The summed E-state index contributed by atoms with van der Waals surface area (Å²) in [7, 11) is -3.94. The molecule has 10 heteroatoms. The minimum atomic E-state index is -3.94. The number of aromatic nitrogens is 1. The van der Waals surface area contributed by atoms with Crippen molar-refractivity contribution in [1.82, 2.24) is 9.88 Å². The number of carboxylic acids is 1. The van der Waals surface area contributed by atoms with Gasteiger partial charge in [-0.15, -0.1) is 0 Å². The minimum Gasteiger partial charge on any atom is -0.478 e. The van der Waals surface area contributed by atoms with Crippen molar-refractivity contribution < 1.29 is 27.3 Å². The lowest BCUT2D eigenvalue weighted by atomic mass is 10.2. The number of nitrogens with zero attached hydrogens (tertiary/aromatic N) is 1. The Kier molecular flexibility index (Phi) is 3.75. The summed E-state index contributed by atoms with van der Waals surface area (Å²) in [6.07, 6.45) is 0. The predicted octanol–water partition coefficient (Wildman–Crippen LogP) is 0.643. The van der Waals surface area contributed by atoms with Crippen LogP contribution < -0.4 is 10.5 Å². The van der Waals surface area contributed by atoms with Crippen molar-refractivity contribution in [2.75, 3.05) is 5.73 Å². The summed E-state index contributed by atoms with van der Waals surface area (Å²) in [5.41, 5.74) is 5.42. The van der Waals surface area contributed by atoms with Crippen LogP contribution in [0.5, 0.6) is 0 Å². The molecular weight excluding hydrogens is 302 g/mol. The zero-order chi connectivity index (χ0) is 15.8. The molecule has 0 radical (unpaired) electrons. The topological polar surface area (TPSA) is 149 Å². The normalized spacial score (nSPS) is 11.7. The fourth-order valence-corrected chi connectivity index (χ4v) is 2.99. The number of nitrogens with one attached hydrogen (secondary N) is 1. The van der Waals surface area contributed by atoms with E-state index in [0.717, 1.165) is 0 Å². The molecule has 21 heavy (non-hydrogen) atoms. The number of aryl methyl sites for hydroxylation is 2. The molecular formula is C11H13N3O6S. The molecule has 0 unspecified atom stereocenters. The van der Waals surface area contributed by atoms with Crippen molar-refractivity contribution in [3.05, 3.63) is 28.9 Å². The van der Waals surface area contributed by atoms with Gasteiger partial charge < -0.3 is 19.8 Å². The van der Waals surface area contributed by atoms with Gasteiger partial charge in [0, 0.05) is 0 Å². The van der Waals surface area contributed by atoms with Gasteiger partial charge in [0.15, 0.2) is 16.5 Å². The Labute approximate surface area is 119 Å². The second-order valence-corrected chi connectivity index (χ2v) is 5.97. The van der Waals surface area contributed by atoms with Gasteiger partial charge in [0.2, 0.25) is 10.0 Å². The fourth-order valence-electron chi connectivity index (χ4n) is 1.79. The van der Waals surface area contributed by atoms with Crippen molar-refractivity contribution >= 4 is 21.8 Å². The number of rotatable bonds is 5. The maximum Gasteiger partial charge on any atom is 0.339 e. The summed E-state index contributed by atoms with van der Waals surface area (Å²) in [6.45, 7) is 2.67. The lowest BCUT2D eigenvalue weighted by Gasteiger charge is -2.03. The summed E-state index contributed by atoms with van der Waals surface area (Å²) in [4.78, 5) is 10.6. The largest absolute Gasteiger partial charge is 0.478 e. The Morgan fingerprint density at radius 3 is 2.57 bits per heavy atom. The Bertz CT molecular complexity index is 769. The van der Waals surface area contributed by atoms with Gasteiger partial charge in [-0.1, -0.05) is 5.16 Å². The van der Waals surface area contributed by atoms with Crippen LogP contribution in [0.1, 0.15) is 27.6 Å². The molecule has 2 rings (SSSR count). The van der Waals surface area contributed by atoms with Crippen LogP contribution in [0.2, 0.25) is 0 Å². The third-order valence-electron chi connectivity index (χ3n) is 2.74. The van der Waals surface area contributed by atoms with E-state index in [1.165, 1.54) is 19.9 Å². The summed E-state index contributed by atoms with van der Waals surface area (Å²) in [5, 5.41) is 12.3. The molecule has 0 amide bonds. The van der Waals surface area contributed by atoms with Crippen molar-refractivity contribution in [1.29, 1.82) is 0 Å². The van der Waals surface area contributed by atoms with E-state index in [9.17, 15) is 13.2 Å². The van der Waals surface area contributed by atoms with E-state index in [2.05, 4.69) is 9.88 Å². The lowest BCUT2D eigenvalue weighted by molar-refractivity contribution is 0.0695. The highest BCUT2D eigenvalue weighted by molar-refractivity contribution is 7.89. The van der Waals surface area contributed by atoms with Crippen LogP contribution in [-0.4, -0.2) is 24.7 Å². The highest BCUT2D eigenvalue weighted by Gasteiger charge is 2.25. The van der Waals surface area contributed by atoms with Gasteiger partial charge in [-0.25, -0.2) is 17.9 Å². The van der Waals surface area contributed by atoms with Crippen molar-refractivity contribution in [2.24, 2.45) is 0 Å². The molecule has 0 spiro atoms. The first kappa shape index (κ1) is 15.1. The number of sulfonamides is 1. The molecule has 0 saturated carbocycles. The van der Waals surface area contributed by atoms with E-state index in [0.29, 0.717) is 0 Å². The first-order valence-corrected chi connectivity index (χ1v) is 7.24. The molecule has 4 N–H and O–H groups in total. The second-order valence-electron chi connectivity index (χ2n) is 4.27. The first-order valence-electron chi connectivity index (χ1n) is 5.76. The van der Waals surface area contributed by atoms with Crippen LogP contribution in [0, 0.1) is 13.8 Å². The highest BCUT2D eigenvalue weighted by Crippen LogP contribution is 2.22. The molecule has 0 aliphatic rings. The number of nitrogens with two attached hydrogens (primary N) is 1. The lowest BCUT2D eigenvalue weighted by Crippen LogP contribution is -2.24. The number of carboxylic acid groups (broad SMARTS) is 1. The molecule has 2 heterocycles. The van der Waals surface area contributed by atoms with E-state index in [-0.39, 0.29) is 40.1 Å². The smallest absolute Gasteiger partial charge is 0.339 e. The third kappa shape index (κ3) is 2.90. The van der Waals surface area contributed by atoms with Crippen LogP contribution in [0.25, 0.3) is 0 Å². The number of anilines is 1. The first-order chi connectivity index (χ1) is 9.72. The monoisotopic (exact) mass is 315 g/mol. The SMILES string of the molecule is Cc1oc(CNS(=O)(=O)c2c(N)noc2C)cc1C(=O)O. The Balaban J connectivity index is 2.20. The molecule has 9 nitrogen and oxygen atoms in total. The molecule has 0 aliphatic heterocycles. The van der Waals surface area contributed by atoms with Crippen LogP contribution >= 0.6 is 0 Å². The van der Waals surface area contributed by atoms with Gasteiger partial charge in [-0.2, -0.15) is 0 Å². The van der Waals surface area contributed by atoms with Crippen LogP contribution in [0.15, 0.2) is 19.9 Å². The molecule has 0 bridgehead atoms. The Morgan fingerprint density at radius 2 is 2.10 bits per heavy atom.